The molecule has 1 saturated heterocycles. The first-order valence-corrected chi connectivity index (χ1v) is 6.57. The van der Waals surface area contributed by atoms with E-state index in [-0.39, 0.29) is 24.8 Å². The standard InChI is InChI=1S/C13H22N2O4/c1-4-19-13(18)10-5-8-15(9-11(10)16)12(17)6-7-14(2)3/h10H,4-9H2,1-3H3. The highest BCUT2D eigenvalue weighted by atomic mass is 16.5. The molecular formula is C13H22N2O4. The molecule has 0 bridgehead atoms. The molecule has 6 heteroatoms. The van der Waals surface area contributed by atoms with E-state index in [0.717, 1.165) is 0 Å². The lowest BCUT2D eigenvalue weighted by molar-refractivity contribution is -0.156. The Morgan fingerprint density at radius 3 is 2.63 bits per heavy atom. The van der Waals surface area contributed by atoms with Gasteiger partial charge in [0.1, 0.15) is 5.92 Å². The van der Waals surface area contributed by atoms with Crippen LogP contribution in [0.4, 0.5) is 0 Å². The molecule has 6 nitrogen and oxygen atoms in total. The molecule has 0 aromatic heterocycles. The molecule has 108 valence electrons. The van der Waals surface area contributed by atoms with Crippen LogP contribution in [0.5, 0.6) is 0 Å². The third-order valence-electron chi connectivity index (χ3n) is 3.12. The average Bonchev–Trinajstić information content (AvgIpc) is 2.35. The fourth-order valence-corrected chi connectivity index (χ4v) is 2.01. The molecule has 1 rings (SSSR count). The van der Waals surface area contributed by atoms with Crippen LogP contribution in [0.1, 0.15) is 19.8 Å². The van der Waals surface area contributed by atoms with Gasteiger partial charge in [-0.15, -0.1) is 0 Å². The van der Waals surface area contributed by atoms with Crippen molar-refractivity contribution in [2.75, 3.05) is 40.3 Å². The monoisotopic (exact) mass is 270 g/mol. The van der Waals surface area contributed by atoms with Crippen molar-refractivity contribution in [2.45, 2.75) is 19.8 Å². The number of esters is 1. The predicted molar refractivity (Wildman–Crippen MR) is 69.5 cm³/mol. The molecule has 0 N–H and O–H groups in total. The Labute approximate surface area is 113 Å². The van der Waals surface area contributed by atoms with Crippen molar-refractivity contribution in [1.29, 1.82) is 0 Å². The molecule has 1 aliphatic rings. The first-order chi connectivity index (χ1) is 8.95. The highest BCUT2D eigenvalue weighted by Crippen LogP contribution is 2.16. The van der Waals surface area contributed by atoms with E-state index >= 15 is 0 Å². The largest absolute Gasteiger partial charge is 0.465 e. The van der Waals surface area contributed by atoms with E-state index < -0.39 is 11.9 Å². The van der Waals surface area contributed by atoms with Gasteiger partial charge in [0.15, 0.2) is 5.78 Å². The molecule has 0 spiro atoms. The smallest absolute Gasteiger partial charge is 0.316 e. The minimum absolute atomic E-state index is 0.0236. The number of ketones is 1. The van der Waals surface area contributed by atoms with Crippen LogP contribution >= 0.6 is 0 Å². The Morgan fingerprint density at radius 2 is 2.11 bits per heavy atom. The van der Waals surface area contributed by atoms with Crippen LogP contribution < -0.4 is 0 Å². The number of nitrogens with zero attached hydrogens (tertiary/aromatic N) is 2. The van der Waals surface area contributed by atoms with Crippen molar-refractivity contribution in [1.82, 2.24) is 9.80 Å². The van der Waals surface area contributed by atoms with E-state index in [2.05, 4.69) is 0 Å². The lowest BCUT2D eigenvalue weighted by Crippen LogP contribution is -2.47. The molecule has 1 aliphatic heterocycles. The maximum atomic E-state index is 11.9. The van der Waals surface area contributed by atoms with Gasteiger partial charge in [-0.2, -0.15) is 0 Å². The van der Waals surface area contributed by atoms with Gasteiger partial charge in [-0.1, -0.05) is 0 Å². The second-order valence-electron chi connectivity index (χ2n) is 4.93. The molecular weight excluding hydrogens is 248 g/mol. The molecule has 1 heterocycles. The molecule has 0 radical (unpaired) electrons. The van der Waals surface area contributed by atoms with E-state index in [4.69, 9.17) is 4.74 Å². The second kappa shape index (κ2) is 7.23. The van der Waals surface area contributed by atoms with E-state index in [0.29, 0.717) is 25.9 Å². The fraction of sp³-hybridized carbons (Fsp3) is 0.769. The third-order valence-corrected chi connectivity index (χ3v) is 3.12. The SMILES string of the molecule is CCOC(=O)C1CCN(C(=O)CCN(C)C)CC1=O. The van der Waals surface area contributed by atoms with Crippen molar-refractivity contribution in [3.05, 3.63) is 0 Å². The molecule has 0 saturated carbocycles. The Hall–Kier alpha value is -1.43. The lowest BCUT2D eigenvalue weighted by atomic mass is 9.95. The third kappa shape index (κ3) is 4.63. The van der Waals surface area contributed by atoms with Gasteiger partial charge in [-0.3, -0.25) is 14.4 Å². The summed E-state index contributed by atoms with van der Waals surface area (Å²) in [4.78, 5) is 38.7. The summed E-state index contributed by atoms with van der Waals surface area (Å²) >= 11 is 0. The van der Waals surface area contributed by atoms with Crippen molar-refractivity contribution < 1.29 is 19.1 Å². The van der Waals surface area contributed by atoms with Crippen molar-refractivity contribution in [2.24, 2.45) is 5.92 Å². The normalized spacial score (nSPS) is 19.7. The van der Waals surface area contributed by atoms with Gasteiger partial charge < -0.3 is 14.5 Å². The summed E-state index contributed by atoms with van der Waals surface area (Å²) in [6, 6.07) is 0. The van der Waals surface area contributed by atoms with Gasteiger partial charge in [-0.25, -0.2) is 0 Å². The van der Waals surface area contributed by atoms with Crippen LogP contribution in [0.25, 0.3) is 0 Å². The highest BCUT2D eigenvalue weighted by Gasteiger charge is 2.34. The number of hydrogen-bond donors (Lipinski definition) is 0. The number of hydrogen-bond acceptors (Lipinski definition) is 5. The van der Waals surface area contributed by atoms with Crippen molar-refractivity contribution in [3.8, 4) is 0 Å². The van der Waals surface area contributed by atoms with Gasteiger partial charge in [0.25, 0.3) is 0 Å². The minimum atomic E-state index is -0.696. The quantitative estimate of drug-likeness (QED) is 0.516. The molecule has 0 aromatic carbocycles. The first-order valence-electron chi connectivity index (χ1n) is 6.57. The van der Waals surface area contributed by atoms with E-state index in [1.807, 2.05) is 19.0 Å². The summed E-state index contributed by atoms with van der Waals surface area (Å²) in [6.45, 7) is 3.11. The average molecular weight is 270 g/mol. The predicted octanol–water partition coefficient (Wildman–Crippen LogP) is -0.0812. The Kier molecular flexibility index (Phi) is 5.95. The van der Waals surface area contributed by atoms with Crippen LogP contribution in [0, 0.1) is 5.92 Å². The van der Waals surface area contributed by atoms with Crippen LogP contribution in [0.3, 0.4) is 0 Å². The Morgan fingerprint density at radius 1 is 1.42 bits per heavy atom. The van der Waals surface area contributed by atoms with Crippen LogP contribution in [0.2, 0.25) is 0 Å². The molecule has 1 fully saturated rings. The van der Waals surface area contributed by atoms with Crippen molar-refractivity contribution >= 4 is 17.7 Å². The summed E-state index contributed by atoms with van der Waals surface area (Å²) in [6.07, 6.45) is 0.760. The first kappa shape index (κ1) is 15.6. The van der Waals surface area contributed by atoms with Gasteiger partial charge in [0.05, 0.1) is 13.2 Å². The zero-order valence-corrected chi connectivity index (χ0v) is 11.8. The maximum Gasteiger partial charge on any atom is 0.316 e. The number of Topliss-reactive ketones (excluding diaryl/α,β-unsaturated/α-hetero) is 1. The summed E-state index contributed by atoms with van der Waals surface area (Å²) < 4.78 is 4.86. The Balaban J connectivity index is 2.47. The number of carbonyl (C=O) groups excluding carboxylic acids is 3. The Bertz CT molecular complexity index is 355. The van der Waals surface area contributed by atoms with E-state index in [9.17, 15) is 14.4 Å². The lowest BCUT2D eigenvalue weighted by Gasteiger charge is -2.30. The van der Waals surface area contributed by atoms with Crippen LogP contribution in [-0.4, -0.2) is 67.8 Å². The van der Waals surface area contributed by atoms with Crippen LogP contribution in [0.15, 0.2) is 0 Å². The van der Waals surface area contributed by atoms with E-state index in [1.54, 1.807) is 6.92 Å². The summed E-state index contributed by atoms with van der Waals surface area (Å²) in [5.41, 5.74) is 0. The van der Waals surface area contributed by atoms with Crippen LogP contribution in [-0.2, 0) is 19.1 Å². The maximum absolute atomic E-state index is 11.9. The molecule has 1 unspecified atom stereocenters. The number of ether oxygens (including phenoxy) is 1. The van der Waals surface area contributed by atoms with Gasteiger partial charge in [0.2, 0.25) is 5.91 Å². The van der Waals surface area contributed by atoms with Crippen molar-refractivity contribution in [3.63, 3.8) is 0 Å². The molecule has 0 aliphatic carbocycles. The molecule has 1 amide bonds. The fourth-order valence-electron chi connectivity index (χ4n) is 2.01. The number of carbonyl (C=O) groups is 3. The summed E-state index contributed by atoms with van der Waals surface area (Å²) in [7, 11) is 3.79. The highest BCUT2D eigenvalue weighted by molar-refractivity contribution is 6.01. The minimum Gasteiger partial charge on any atom is -0.465 e. The number of rotatable bonds is 5. The molecule has 1 atom stereocenters. The van der Waals surface area contributed by atoms with Gasteiger partial charge in [0, 0.05) is 19.5 Å². The van der Waals surface area contributed by atoms with Gasteiger partial charge >= 0.3 is 5.97 Å². The van der Waals surface area contributed by atoms with Gasteiger partial charge in [-0.05, 0) is 27.4 Å². The number of amides is 1. The number of piperidine rings is 1. The number of likely N-dealkylation sites (tertiary alicyclic amines) is 1. The zero-order valence-electron chi connectivity index (χ0n) is 11.8. The topological polar surface area (TPSA) is 66.9 Å². The summed E-state index contributed by atoms with van der Waals surface area (Å²) in [5, 5.41) is 0. The zero-order chi connectivity index (χ0) is 14.4. The second-order valence-corrected chi connectivity index (χ2v) is 4.93. The molecule has 19 heavy (non-hydrogen) atoms. The molecule has 0 aromatic rings. The summed E-state index contributed by atoms with van der Waals surface area (Å²) in [5.74, 6) is -1.42. The van der Waals surface area contributed by atoms with E-state index in [1.165, 1.54) is 4.90 Å².